The van der Waals surface area contributed by atoms with Crippen molar-refractivity contribution in [2.24, 2.45) is 5.92 Å². The fourth-order valence-corrected chi connectivity index (χ4v) is 1.25. The molecule has 1 amide bonds. The molecule has 0 spiro atoms. The topological polar surface area (TPSA) is 47.6 Å². The van der Waals surface area contributed by atoms with Crippen LogP contribution in [0, 0.1) is 5.92 Å². The summed E-state index contributed by atoms with van der Waals surface area (Å²) in [5, 5.41) is 0. The van der Waals surface area contributed by atoms with Crippen molar-refractivity contribution in [2.75, 3.05) is 13.7 Å². The molecule has 0 atom stereocenters. The third kappa shape index (κ3) is 4.97. The average Bonchev–Trinajstić information content (AvgIpc) is 2.30. The van der Waals surface area contributed by atoms with E-state index in [0.29, 0.717) is 24.7 Å². The summed E-state index contributed by atoms with van der Waals surface area (Å²) < 4.78 is 4.99. The first kappa shape index (κ1) is 13.7. The van der Waals surface area contributed by atoms with Gasteiger partial charge in [0.05, 0.1) is 13.2 Å². The Labute approximate surface area is 102 Å². The van der Waals surface area contributed by atoms with Gasteiger partial charge in [0.15, 0.2) is 0 Å². The van der Waals surface area contributed by atoms with E-state index in [4.69, 9.17) is 9.57 Å². The van der Waals surface area contributed by atoms with E-state index < -0.39 is 0 Å². The smallest absolute Gasteiger partial charge is 0.274 e. The van der Waals surface area contributed by atoms with Crippen LogP contribution in [0.25, 0.3) is 0 Å². The van der Waals surface area contributed by atoms with Crippen molar-refractivity contribution in [2.45, 2.75) is 20.5 Å². The van der Waals surface area contributed by atoms with Gasteiger partial charge in [-0.05, 0) is 23.6 Å². The molecule has 0 radical (unpaired) electrons. The number of methoxy groups -OCH3 is 1. The molecule has 94 valence electrons. The number of hydroxylamine groups is 1. The molecule has 17 heavy (non-hydrogen) atoms. The van der Waals surface area contributed by atoms with Crippen LogP contribution in [0.5, 0.6) is 0 Å². The van der Waals surface area contributed by atoms with E-state index >= 15 is 0 Å². The Morgan fingerprint density at radius 3 is 2.47 bits per heavy atom. The van der Waals surface area contributed by atoms with E-state index in [2.05, 4.69) is 5.48 Å². The van der Waals surface area contributed by atoms with Crippen molar-refractivity contribution < 1.29 is 14.4 Å². The summed E-state index contributed by atoms with van der Waals surface area (Å²) in [5.74, 6) is 0.161. The van der Waals surface area contributed by atoms with Gasteiger partial charge in [-0.15, -0.1) is 0 Å². The lowest BCUT2D eigenvalue weighted by Gasteiger charge is -2.08. The van der Waals surface area contributed by atoms with Crippen molar-refractivity contribution in [1.29, 1.82) is 0 Å². The molecule has 4 heteroatoms. The first-order valence-corrected chi connectivity index (χ1v) is 5.63. The highest BCUT2D eigenvalue weighted by molar-refractivity contribution is 5.93. The third-order valence-corrected chi connectivity index (χ3v) is 2.11. The first-order valence-electron chi connectivity index (χ1n) is 5.63. The number of rotatable bonds is 6. The molecule has 4 nitrogen and oxygen atoms in total. The average molecular weight is 237 g/mol. The second kappa shape index (κ2) is 7.04. The molecule has 0 aliphatic heterocycles. The van der Waals surface area contributed by atoms with Gasteiger partial charge in [-0.2, -0.15) is 0 Å². The molecule has 1 aromatic rings. The van der Waals surface area contributed by atoms with Crippen LogP contribution in [0.15, 0.2) is 24.3 Å². The molecule has 1 N–H and O–H groups in total. The lowest BCUT2D eigenvalue weighted by molar-refractivity contribution is 0.0208. The molecule has 0 aliphatic rings. The summed E-state index contributed by atoms with van der Waals surface area (Å²) in [6, 6.07) is 7.23. The number of benzene rings is 1. The van der Waals surface area contributed by atoms with Gasteiger partial charge in [0, 0.05) is 12.7 Å². The number of amides is 1. The fourth-order valence-electron chi connectivity index (χ4n) is 1.25. The summed E-state index contributed by atoms with van der Waals surface area (Å²) in [7, 11) is 1.64. The molecule has 0 fully saturated rings. The number of hydrogen-bond acceptors (Lipinski definition) is 3. The van der Waals surface area contributed by atoms with Gasteiger partial charge >= 0.3 is 0 Å². The third-order valence-electron chi connectivity index (χ3n) is 2.11. The zero-order valence-corrected chi connectivity index (χ0v) is 10.5. The predicted octanol–water partition coefficient (Wildman–Crippen LogP) is 2.15. The Hall–Kier alpha value is -1.39. The zero-order chi connectivity index (χ0) is 12.7. The van der Waals surface area contributed by atoms with E-state index in [1.807, 2.05) is 26.0 Å². The lowest BCUT2D eigenvalue weighted by Crippen LogP contribution is -2.25. The van der Waals surface area contributed by atoms with E-state index in [0.717, 1.165) is 5.56 Å². The highest BCUT2D eigenvalue weighted by atomic mass is 16.6. The van der Waals surface area contributed by atoms with Crippen molar-refractivity contribution in [3.8, 4) is 0 Å². The van der Waals surface area contributed by atoms with Crippen LogP contribution in [-0.4, -0.2) is 19.6 Å². The highest BCUT2D eigenvalue weighted by Gasteiger charge is 2.05. The van der Waals surface area contributed by atoms with Gasteiger partial charge in [0.25, 0.3) is 5.91 Å². The van der Waals surface area contributed by atoms with Crippen molar-refractivity contribution >= 4 is 5.91 Å². The first-order chi connectivity index (χ1) is 8.13. The second-order valence-corrected chi connectivity index (χ2v) is 4.27. The molecule has 0 heterocycles. The summed E-state index contributed by atoms with van der Waals surface area (Å²) in [4.78, 5) is 16.7. The largest absolute Gasteiger partial charge is 0.380 e. The van der Waals surface area contributed by atoms with E-state index in [1.165, 1.54) is 0 Å². The van der Waals surface area contributed by atoms with E-state index in [9.17, 15) is 4.79 Å². The Balaban J connectivity index is 2.46. The van der Waals surface area contributed by atoms with Crippen LogP contribution in [0.1, 0.15) is 29.8 Å². The maximum absolute atomic E-state index is 11.6. The molecular weight excluding hydrogens is 218 g/mol. The van der Waals surface area contributed by atoms with Crippen LogP contribution in [0.4, 0.5) is 0 Å². The Morgan fingerprint density at radius 1 is 1.29 bits per heavy atom. The van der Waals surface area contributed by atoms with Gasteiger partial charge in [0.1, 0.15) is 0 Å². The molecular formula is C13H19NO3. The van der Waals surface area contributed by atoms with Crippen LogP contribution >= 0.6 is 0 Å². The fraction of sp³-hybridized carbons (Fsp3) is 0.462. The molecule has 0 unspecified atom stereocenters. The second-order valence-electron chi connectivity index (χ2n) is 4.27. The van der Waals surface area contributed by atoms with Gasteiger partial charge in [0.2, 0.25) is 0 Å². The minimum Gasteiger partial charge on any atom is -0.380 e. The van der Waals surface area contributed by atoms with Crippen LogP contribution < -0.4 is 5.48 Å². The number of carbonyl (C=O) groups excluding carboxylic acids is 1. The van der Waals surface area contributed by atoms with Crippen molar-refractivity contribution in [3.63, 3.8) is 0 Å². The Morgan fingerprint density at radius 2 is 1.94 bits per heavy atom. The maximum atomic E-state index is 11.6. The van der Waals surface area contributed by atoms with Gasteiger partial charge in [-0.25, -0.2) is 5.48 Å². The predicted molar refractivity (Wildman–Crippen MR) is 65.4 cm³/mol. The lowest BCUT2D eigenvalue weighted by atomic mass is 10.1. The minimum atomic E-state index is -0.227. The molecule has 0 saturated heterocycles. The highest BCUT2D eigenvalue weighted by Crippen LogP contribution is 2.05. The van der Waals surface area contributed by atoms with Crippen LogP contribution in [-0.2, 0) is 16.2 Å². The molecule has 0 saturated carbocycles. The normalized spacial score (nSPS) is 10.6. The van der Waals surface area contributed by atoms with Crippen molar-refractivity contribution in [3.05, 3.63) is 35.4 Å². The van der Waals surface area contributed by atoms with Gasteiger partial charge < -0.3 is 4.74 Å². The number of nitrogens with one attached hydrogen (secondary N) is 1. The number of ether oxygens (including phenoxy) is 1. The molecule has 0 aliphatic carbocycles. The molecule has 0 bridgehead atoms. The summed E-state index contributed by atoms with van der Waals surface area (Å²) in [6.45, 7) is 5.09. The Kier molecular flexibility index (Phi) is 5.66. The summed E-state index contributed by atoms with van der Waals surface area (Å²) in [5.41, 5.74) is 4.02. The quantitative estimate of drug-likeness (QED) is 0.771. The number of carbonyl (C=O) groups is 1. The molecule has 1 aromatic carbocycles. The molecule has 1 rings (SSSR count). The van der Waals surface area contributed by atoms with Gasteiger partial charge in [-0.3, -0.25) is 9.63 Å². The van der Waals surface area contributed by atoms with E-state index in [-0.39, 0.29) is 5.91 Å². The SMILES string of the molecule is COCc1ccc(C(=O)NOCC(C)C)cc1. The van der Waals surface area contributed by atoms with Crippen LogP contribution in [0.3, 0.4) is 0 Å². The van der Waals surface area contributed by atoms with Crippen molar-refractivity contribution in [1.82, 2.24) is 5.48 Å². The zero-order valence-electron chi connectivity index (χ0n) is 10.5. The Bertz CT molecular complexity index is 346. The summed E-state index contributed by atoms with van der Waals surface area (Å²) in [6.07, 6.45) is 0. The van der Waals surface area contributed by atoms with Gasteiger partial charge in [-0.1, -0.05) is 26.0 Å². The van der Waals surface area contributed by atoms with Crippen LogP contribution in [0.2, 0.25) is 0 Å². The standard InChI is InChI=1S/C13H19NO3/c1-10(2)8-17-14-13(15)12-6-4-11(5-7-12)9-16-3/h4-7,10H,8-9H2,1-3H3,(H,14,15). The number of hydrogen-bond donors (Lipinski definition) is 1. The monoisotopic (exact) mass is 237 g/mol. The molecule has 0 aromatic heterocycles. The maximum Gasteiger partial charge on any atom is 0.274 e. The summed E-state index contributed by atoms with van der Waals surface area (Å²) >= 11 is 0. The minimum absolute atomic E-state index is 0.227. The van der Waals surface area contributed by atoms with E-state index in [1.54, 1.807) is 19.2 Å².